The minimum Gasteiger partial charge on any atom is -0.462 e. The number of hydrogen-bond donors (Lipinski definition) is 1. The lowest BCUT2D eigenvalue weighted by molar-refractivity contribution is -0.145. The van der Waals surface area contributed by atoms with Gasteiger partial charge in [0.15, 0.2) is 0 Å². The van der Waals surface area contributed by atoms with E-state index in [2.05, 4.69) is 5.32 Å². The average molecular weight is 285 g/mol. The average Bonchev–Trinajstić information content (AvgIpc) is 3.04. The van der Waals surface area contributed by atoms with Crippen molar-refractivity contribution in [3.05, 3.63) is 29.3 Å². The zero-order chi connectivity index (χ0) is 14.7. The maximum atomic E-state index is 12.6. The van der Waals surface area contributed by atoms with E-state index < -0.39 is 0 Å². The Bertz CT molecular complexity index is 637. The minimum absolute atomic E-state index is 0.0203. The first-order valence-corrected chi connectivity index (χ1v) is 7.63. The number of esters is 1. The Balaban J connectivity index is 1.55. The first-order valence-electron chi connectivity index (χ1n) is 7.63. The van der Waals surface area contributed by atoms with Crippen LogP contribution in [0.4, 0.5) is 5.69 Å². The summed E-state index contributed by atoms with van der Waals surface area (Å²) < 4.78 is 5.39. The molecule has 2 saturated carbocycles. The molecule has 4 nitrogen and oxygen atoms in total. The van der Waals surface area contributed by atoms with Crippen LogP contribution in [0.2, 0.25) is 0 Å². The number of amides is 1. The number of hydrogen-bond acceptors (Lipinski definition) is 3. The molecule has 1 aromatic rings. The van der Waals surface area contributed by atoms with E-state index in [0.29, 0.717) is 5.92 Å². The van der Waals surface area contributed by atoms with Crippen LogP contribution in [0.5, 0.6) is 0 Å². The van der Waals surface area contributed by atoms with Crippen molar-refractivity contribution in [1.82, 2.24) is 0 Å². The second-order valence-corrected chi connectivity index (χ2v) is 6.71. The molecule has 3 aliphatic rings. The Kier molecular flexibility index (Phi) is 2.65. The van der Waals surface area contributed by atoms with Gasteiger partial charge in [-0.15, -0.1) is 0 Å². The number of carbonyl (C=O) groups is 2. The van der Waals surface area contributed by atoms with Gasteiger partial charge in [-0.2, -0.15) is 0 Å². The van der Waals surface area contributed by atoms with Crippen molar-refractivity contribution in [3.8, 4) is 0 Å². The molecule has 2 aliphatic carbocycles. The van der Waals surface area contributed by atoms with Gasteiger partial charge in [0.2, 0.25) is 5.91 Å². The molecule has 1 aromatic carbocycles. The summed E-state index contributed by atoms with van der Waals surface area (Å²) in [5, 5.41) is 2.99. The van der Waals surface area contributed by atoms with Gasteiger partial charge in [-0.3, -0.25) is 9.59 Å². The maximum Gasteiger partial charge on any atom is 0.310 e. The van der Waals surface area contributed by atoms with E-state index in [9.17, 15) is 9.59 Å². The van der Waals surface area contributed by atoms with Gasteiger partial charge < -0.3 is 10.1 Å². The quantitative estimate of drug-likeness (QED) is 0.849. The third-order valence-corrected chi connectivity index (χ3v) is 5.56. The zero-order valence-electron chi connectivity index (χ0n) is 12.3. The number of ether oxygens (including phenoxy) is 1. The summed E-state index contributed by atoms with van der Waals surface area (Å²) >= 11 is 0. The number of anilines is 1. The molecule has 1 aliphatic heterocycles. The lowest BCUT2D eigenvalue weighted by Crippen LogP contribution is -2.35. The fourth-order valence-electron chi connectivity index (χ4n) is 4.41. The summed E-state index contributed by atoms with van der Waals surface area (Å²) in [6, 6.07) is 5.91. The van der Waals surface area contributed by atoms with Gasteiger partial charge in [0.1, 0.15) is 6.10 Å². The van der Waals surface area contributed by atoms with Gasteiger partial charge in [0.25, 0.3) is 0 Å². The molecule has 0 radical (unpaired) electrons. The Morgan fingerprint density at radius 3 is 2.81 bits per heavy atom. The van der Waals surface area contributed by atoms with Gasteiger partial charge in [0, 0.05) is 11.6 Å². The molecule has 4 heteroatoms. The molecule has 2 bridgehead atoms. The van der Waals surface area contributed by atoms with E-state index in [0.717, 1.165) is 24.1 Å². The number of aryl methyl sites for hydroxylation is 2. The monoisotopic (exact) mass is 285 g/mol. The van der Waals surface area contributed by atoms with Crippen molar-refractivity contribution in [3.63, 3.8) is 0 Å². The SMILES string of the molecule is Cc1ccc(NC(=O)[C@@H]2[C@@H]3C[C@@H]4[C@H]2C(=O)O[C@@H]4C3)cc1C. The minimum atomic E-state index is -0.208. The Morgan fingerprint density at radius 2 is 2.05 bits per heavy atom. The molecule has 1 heterocycles. The summed E-state index contributed by atoms with van der Waals surface area (Å²) in [5.74, 6) is -0.0116. The van der Waals surface area contributed by atoms with Gasteiger partial charge in [-0.05, 0) is 55.9 Å². The molecule has 0 spiro atoms. The number of fused-ring (bicyclic) bond motifs is 1. The number of carbonyl (C=O) groups excluding carboxylic acids is 2. The van der Waals surface area contributed by atoms with Crippen LogP contribution in [-0.4, -0.2) is 18.0 Å². The van der Waals surface area contributed by atoms with Crippen LogP contribution < -0.4 is 5.32 Å². The third kappa shape index (κ3) is 1.81. The van der Waals surface area contributed by atoms with Gasteiger partial charge in [0.05, 0.1) is 11.8 Å². The van der Waals surface area contributed by atoms with E-state index in [1.54, 1.807) is 0 Å². The molecule has 5 atom stereocenters. The Hall–Kier alpha value is -1.84. The van der Waals surface area contributed by atoms with Gasteiger partial charge in [-0.25, -0.2) is 0 Å². The van der Waals surface area contributed by atoms with Crippen molar-refractivity contribution < 1.29 is 14.3 Å². The molecular weight excluding hydrogens is 266 g/mol. The molecule has 4 rings (SSSR count). The van der Waals surface area contributed by atoms with E-state index in [1.165, 1.54) is 5.56 Å². The fraction of sp³-hybridized carbons (Fsp3) is 0.529. The first-order chi connectivity index (χ1) is 10.0. The van der Waals surface area contributed by atoms with Crippen molar-refractivity contribution in [2.75, 3.05) is 5.32 Å². The number of nitrogens with one attached hydrogen (secondary N) is 1. The zero-order valence-corrected chi connectivity index (χ0v) is 12.3. The molecule has 1 N–H and O–H groups in total. The van der Waals surface area contributed by atoms with E-state index in [4.69, 9.17) is 4.74 Å². The molecular formula is C17H19NO3. The smallest absolute Gasteiger partial charge is 0.310 e. The van der Waals surface area contributed by atoms with Gasteiger partial charge in [-0.1, -0.05) is 6.07 Å². The highest BCUT2D eigenvalue weighted by Crippen LogP contribution is 2.57. The highest BCUT2D eigenvalue weighted by molar-refractivity contribution is 5.97. The van der Waals surface area contributed by atoms with Crippen LogP contribution in [0.25, 0.3) is 0 Å². The van der Waals surface area contributed by atoms with Crippen molar-refractivity contribution in [2.24, 2.45) is 23.7 Å². The lowest BCUT2D eigenvalue weighted by atomic mass is 9.79. The summed E-state index contributed by atoms with van der Waals surface area (Å²) in [6.45, 7) is 4.08. The topological polar surface area (TPSA) is 55.4 Å². The van der Waals surface area contributed by atoms with Crippen molar-refractivity contribution in [1.29, 1.82) is 0 Å². The maximum absolute atomic E-state index is 12.6. The summed E-state index contributed by atoms with van der Waals surface area (Å²) in [4.78, 5) is 24.6. The molecule has 110 valence electrons. The highest BCUT2D eigenvalue weighted by Gasteiger charge is 2.63. The van der Waals surface area contributed by atoms with Crippen LogP contribution in [0.15, 0.2) is 18.2 Å². The van der Waals surface area contributed by atoms with Crippen LogP contribution in [0, 0.1) is 37.5 Å². The Labute approximate surface area is 123 Å². The van der Waals surface area contributed by atoms with Crippen LogP contribution >= 0.6 is 0 Å². The molecule has 0 unspecified atom stereocenters. The van der Waals surface area contributed by atoms with E-state index in [-0.39, 0.29) is 35.7 Å². The van der Waals surface area contributed by atoms with Crippen LogP contribution in [0.1, 0.15) is 24.0 Å². The van der Waals surface area contributed by atoms with E-state index >= 15 is 0 Å². The lowest BCUT2D eigenvalue weighted by Gasteiger charge is -2.23. The largest absolute Gasteiger partial charge is 0.462 e. The second-order valence-electron chi connectivity index (χ2n) is 6.71. The summed E-state index contributed by atoms with van der Waals surface area (Å²) in [5.41, 5.74) is 3.17. The molecule has 3 fully saturated rings. The summed E-state index contributed by atoms with van der Waals surface area (Å²) in [7, 11) is 0. The van der Waals surface area contributed by atoms with Crippen LogP contribution in [-0.2, 0) is 14.3 Å². The molecule has 1 amide bonds. The van der Waals surface area contributed by atoms with Gasteiger partial charge >= 0.3 is 5.97 Å². The molecule has 0 aromatic heterocycles. The number of benzene rings is 1. The third-order valence-electron chi connectivity index (χ3n) is 5.56. The molecule has 1 saturated heterocycles. The normalized spacial score (nSPS) is 35.9. The van der Waals surface area contributed by atoms with E-state index in [1.807, 2.05) is 32.0 Å². The second kappa shape index (κ2) is 4.33. The highest BCUT2D eigenvalue weighted by atomic mass is 16.6. The number of rotatable bonds is 2. The van der Waals surface area contributed by atoms with Crippen LogP contribution in [0.3, 0.4) is 0 Å². The van der Waals surface area contributed by atoms with Crippen molar-refractivity contribution in [2.45, 2.75) is 32.8 Å². The Morgan fingerprint density at radius 1 is 1.24 bits per heavy atom. The van der Waals surface area contributed by atoms with Crippen molar-refractivity contribution >= 4 is 17.6 Å². The summed E-state index contributed by atoms with van der Waals surface area (Å²) in [6.07, 6.45) is 1.91. The fourth-order valence-corrected chi connectivity index (χ4v) is 4.41. The predicted octanol–water partition coefficient (Wildman–Crippen LogP) is 2.44. The molecule has 21 heavy (non-hydrogen) atoms. The predicted molar refractivity (Wildman–Crippen MR) is 77.6 cm³/mol. The standard InChI is InChI=1S/C17H19NO3/c1-8-3-4-11(5-9(8)2)18-16(19)14-10-6-12-13(7-10)21-17(20)15(12)14/h3-5,10,12-15H,6-7H2,1-2H3,(H,18,19)/t10-,12+,13-,14-,15-/m1/s1. The first kappa shape index (κ1) is 12.9.